The van der Waals surface area contributed by atoms with Gasteiger partial charge in [-0.05, 0) is 49.1 Å². The minimum Gasteiger partial charge on any atom is -0.508 e. The van der Waals surface area contributed by atoms with Gasteiger partial charge in [0.15, 0.2) is 0 Å². The molecule has 0 atom stereocenters. The topological polar surface area (TPSA) is 20.2 Å². The van der Waals surface area contributed by atoms with E-state index in [-0.39, 0.29) is 0 Å². The average molecular weight is 160 g/mol. The summed E-state index contributed by atoms with van der Waals surface area (Å²) in [5.74, 6) is 0.384. The van der Waals surface area contributed by atoms with E-state index in [0.29, 0.717) is 5.75 Å². The Morgan fingerprint density at radius 2 is 2.00 bits per heavy atom. The van der Waals surface area contributed by atoms with Gasteiger partial charge in [-0.2, -0.15) is 0 Å². The highest BCUT2D eigenvalue weighted by molar-refractivity contribution is 5.67. The third kappa shape index (κ3) is 1.02. The molecule has 1 aromatic rings. The van der Waals surface area contributed by atoms with Crippen LogP contribution in [0.3, 0.4) is 0 Å². The van der Waals surface area contributed by atoms with Gasteiger partial charge in [-0.25, -0.2) is 0 Å². The minimum atomic E-state index is 0.384. The van der Waals surface area contributed by atoms with E-state index in [4.69, 9.17) is 0 Å². The van der Waals surface area contributed by atoms with Crippen molar-refractivity contribution in [1.29, 1.82) is 0 Å². The molecular weight excluding hydrogens is 148 g/mol. The SMILES string of the molecule is CC1=Cc2c(C)cc(O)cc2C1. The van der Waals surface area contributed by atoms with Crippen LogP contribution < -0.4 is 0 Å². The van der Waals surface area contributed by atoms with Gasteiger partial charge in [-0.15, -0.1) is 0 Å². The lowest BCUT2D eigenvalue weighted by Crippen LogP contribution is -1.85. The zero-order chi connectivity index (χ0) is 8.72. The summed E-state index contributed by atoms with van der Waals surface area (Å²) in [4.78, 5) is 0. The van der Waals surface area contributed by atoms with Crippen molar-refractivity contribution in [2.24, 2.45) is 0 Å². The minimum absolute atomic E-state index is 0.384. The maximum Gasteiger partial charge on any atom is 0.116 e. The molecule has 1 N–H and O–H groups in total. The summed E-state index contributed by atoms with van der Waals surface area (Å²) in [5, 5.41) is 9.34. The lowest BCUT2D eigenvalue weighted by molar-refractivity contribution is 0.474. The standard InChI is InChI=1S/C11H12O/c1-7-3-9-6-10(12)5-8(2)11(9)4-7/h4-6,12H,3H2,1-2H3. The molecule has 1 heteroatoms. The van der Waals surface area contributed by atoms with Crippen LogP contribution in [0.25, 0.3) is 6.08 Å². The van der Waals surface area contributed by atoms with Gasteiger partial charge >= 0.3 is 0 Å². The summed E-state index contributed by atoms with van der Waals surface area (Å²) >= 11 is 0. The Morgan fingerprint density at radius 1 is 1.25 bits per heavy atom. The molecule has 0 aliphatic heterocycles. The van der Waals surface area contributed by atoms with Crippen LogP contribution in [-0.4, -0.2) is 5.11 Å². The molecule has 0 heterocycles. The Balaban J connectivity index is 2.62. The molecule has 0 aromatic heterocycles. The first kappa shape index (κ1) is 7.41. The molecule has 1 aliphatic rings. The fourth-order valence-corrected chi connectivity index (χ4v) is 1.80. The largest absolute Gasteiger partial charge is 0.508 e. The molecule has 0 spiro atoms. The van der Waals surface area contributed by atoms with E-state index in [9.17, 15) is 5.11 Å². The van der Waals surface area contributed by atoms with Crippen molar-refractivity contribution in [1.82, 2.24) is 0 Å². The second-order valence-electron chi connectivity index (χ2n) is 3.50. The van der Waals surface area contributed by atoms with Gasteiger partial charge in [-0.1, -0.05) is 11.6 Å². The summed E-state index contributed by atoms with van der Waals surface area (Å²) in [6.07, 6.45) is 3.19. The molecule has 62 valence electrons. The molecule has 12 heavy (non-hydrogen) atoms. The fraction of sp³-hybridized carbons (Fsp3) is 0.273. The van der Waals surface area contributed by atoms with Crippen LogP contribution in [0, 0.1) is 6.92 Å². The molecule has 0 amide bonds. The lowest BCUT2D eigenvalue weighted by atomic mass is 10.0. The van der Waals surface area contributed by atoms with Crippen LogP contribution in [0.5, 0.6) is 5.75 Å². The number of aromatic hydroxyl groups is 1. The maximum atomic E-state index is 9.34. The first-order valence-corrected chi connectivity index (χ1v) is 4.16. The number of hydrogen-bond acceptors (Lipinski definition) is 1. The summed E-state index contributed by atoms with van der Waals surface area (Å²) in [6, 6.07) is 3.67. The van der Waals surface area contributed by atoms with E-state index in [1.165, 1.54) is 22.3 Å². The Labute approximate surface area is 72.4 Å². The van der Waals surface area contributed by atoms with E-state index in [1.54, 1.807) is 0 Å². The van der Waals surface area contributed by atoms with Crippen molar-refractivity contribution in [2.45, 2.75) is 20.3 Å². The molecule has 0 bridgehead atoms. The second kappa shape index (κ2) is 2.37. The summed E-state index contributed by atoms with van der Waals surface area (Å²) in [7, 11) is 0. The normalized spacial score (nSPS) is 14.3. The van der Waals surface area contributed by atoms with Crippen LogP contribution in [-0.2, 0) is 6.42 Å². The van der Waals surface area contributed by atoms with Crippen LogP contribution in [0.1, 0.15) is 23.6 Å². The quantitative estimate of drug-likeness (QED) is 0.618. The van der Waals surface area contributed by atoms with Crippen LogP contribution >= 0.6 is 0 Å². The van der Waals surface area contributed by atoms with Gasteiger partial charge in [0, 0.05) is 0 Å². The first-order valence-electron chi connectivity index (χ1n) is 4.16. The molecule has 1 aromatic carbocycles. The van der Waals surface area contributed by atoms with Crippen LogP contribution in [0.15, 0.2) is 17.7 Å². The highest BCUT2D eigenvalue weighted by atomic mass is 16.3. The van der Waals surface area contributed by atoms with Crippen molar-refractivity contribution in [3.63, 3.8) is 0 Å². The van der Waals surface area contributed by atoms with E-state index < -0.39 is 0 Å². The summed E-state index contributed by atoms with van der Waals surface area (Å²) in [5.41, 5.74) is 5.09. The van der Waals surface area contributed by atoms with E-state index >= 15 is 0 Å². The fourth-order valence-electron chi connectivity index (χ4n) is 1.80. The predicted octanol–water partition coefficient (Wildman–Crippen LogP) is 2.66. The number of phenols is 1. The van der Waals surface area contributed by atoms with Gasteiger partial charge in [0.2, 0.25) is 0 Å². The number of aryl methyl sites for hydroxylation is 1. The molecule has 0 radical (unpaired) electrons. The molecule has 0 unspecified atom stereocenters. The van der Waals surface area contributed by atoms with E-state index in [1.807, 2.05) is 19.1 Å². The highest BCUT2D eigenvalue weighted by Gasteiger charge is 2.12. The van der Waals surface area contributed by atoms with E-state index in [0.717, 1.165) is 6.42 Å². The Morgan fingerprint density at radius 3 is 2.75 bits per heavy atom. The van der Waals surface area contributed by atoms with Crippen LogP contribution in [0.4, 0.5) is 0 Å². The molecule has 2 rings (SSSR count). The van der Waals surface area contributed by atoms with Crippen molar-refractivity contribution >= 4 is 6.08 Å². The smallest absolute Gasteiger partial charge is 0.116 e. The van der Waals surface area contributed by atoms with Gasteiger partial charge < -0.3 is 5.11 Å². The first-order chi connectivity index (χ1) is 5.66. The van der Waals surface area contributed by atoms with Crippen molar-refractivity contribution in [3.05, 3.63) is 34.4 Å². The van der Waals surface area contributed by atoms with Gasteiger partial charge in [0.05, 0.1) is 0 Å². The molecule has 1 aliphatic carbocycles. The van der Waals surface area contributed by atoms with Crippen LogP contribution in [0.2, 0.25) is 0 Å². The number of benzene rings is 1. The van der Waals surface area contributed by atoms with Gasteiger partial charge in [-0.3, -0.25) is 0 Å². The average Bonchev–Trinajstić information content (AvgIpc) is 2.29. The molecular formula is C11H12O. The number of rotatable bonds is 0. The number of hydrogen-bond donors (Lipinski definition) is 1. The Bertz CT molecular complexity index is 362. The third-order valence-electron chi connectivity index (χ3n) is 2.32. The third-order valence-corrected chi connectivity index (χ3v) is 2.32. The van der Waals surface area contributed by atoms with E-state index in [2.05, 4.69) is 13.0 Å². The van der Waals surface area contributed by atoms with Gasteiger partial charge in [0.1, 0.15) is 5.75 Å². The lowest BCUT2D eigenvalue weighted by Gasteiger charge is -2.03. The number of fused-ring (bicyclic) bond motifs is 1. The monoisotopic (exact) mass is 160 g/mol. The predicted molar refractivity (Wildman–Crippen MR) is 50.2 cm³/mol. The second-order valence-corrected chi connectivity index (χ2v) is 3.50. The zero-order valence-electron chi connectivity index (χ0n) is 7.39. The maximum absolute atomic E-state index is 9.34. The number of allylic oxidation sites excluding steroid dienone is 1. The summed E-state index contributed by atoms with van der Waals surface area (Å²) in [6.45, 7) is 4.16. The molecule has 1 nitrogen and oxygen atoms in total. The highest BCUT2D eigenvalue weighted by Crippen LogP contribution is 2.30. The summed E-state index contributed by atoms with van der Waals surface area (Å²) < 4.78 is 0. The van der Waals surface area contributed by atoms with Gasteiger partial charge in [0.25, 0.3) is 0 Å². The van der Waals surface area contributed by atoms with Crippen molar-refractivity contribution in [3.8, 4) is 5.75 Å². The van der Waals surface area contributed by atoms with Crippen molar-refractivity contribution < 1.29 is 5.11 Å². The zero-order valence-corrected chi connectivity index (χ0v) is 7.39. The molecule has 0 saturated heterocycles. The Kier molecular flexibility index (Phi) is 1.47. The number of phenolic OH excluding ortho intramolecular Hbond substituents is 1. The molecule has 0 saturated carbocycles. The molecule has 0 fully saturated rings. The van der Waals surface area contributed by atoms with Crippen molar-refractivity contribution in [2.75, 3.05) is 0 Å². The Hall–Kier alpha value is -1.24.